The van der Waals surface area contributed by atoms with E-state index in [9.17, 15) is 4.79 Å². The molecule has 1 saturated carbocycles. The molecule has 3 heteroatoms. The Kier molecular flexibility index (Phi) is 4.92. The van der Waals surface area contributed by atoms with Crippen LogP contribution < -0.4 is 4.74 Å². The summed E-state index contributed by atoms with van der Waals surface area (Å²) in [6.07, 6.45) is 5.08. The Labute approximate surface area is 119 Å². The van der Waals surface area contributed by atoms with Gasteiger partial charge in [0.15, 0.2) is 0 Å². The molecule has 0 spiro atoms. The Bertz CT molecular complexity index is 427. The van der Waals surface area contributed by atoms with Crippen LogP contribution in [0.25, 0.3) is 0 Å². The van der Waals surface area contributed by atoms with Crippen LogP contribution in [0.3, 0.4) is 0 Å². The van der Waals surface area contributed by atoms with Crippen LogP contribution in [0.1, 0.15) is 37.0 Å². The van der Waals surface area contributed by atoms with Crippen molar-refractivity contribution >= 4 is 17.5 Å². The lowest BCUT2D eigenvalue weighted by Crippen LogP contribution is -2.12. The largest absolute Gasteiger partial charge is 0.497 e. The normalized spacial score (nSPS) is 24.5. The molecule has 3 unspecified atom stereocenters. The van der Waals surface area contributed by atoms with Crippen molar-refractivity contribution in [3.8, 4) is 5.75 Å². The third-order valence-corrected chi connectivity index (χ3v) is 5.30. The molecule has 0 bridgehead atoms. The molecular formula is C16H22O2S. The van der Waals surface area contributed by atoms with Gasteiger partial charge in [-0.05, 0) is 42.7 Å². The van der Waals surface area contributed by atoms with Crippen LogP contribution >= 0.6 is 11.8 Å². The minimum Gasteiger partial charge on any atom is -0.497 e. The molecule has 1 aliphatic carbocycles. The summed E-state index contributed by atoms with van der Waals surface area (Å²) < 4.78 is 5.20. The zero-order chi connectivity index (χ0) is 13.8. The molecular weight excluding hydrogens is 256 g/mol. The lowest BCUT2D eigenvalue weighted by molar-refractivity contribution is -0.120. The van der Waals surface area contributed by atoms with Crippen molar-refractivity contribution in [2.45, 2.75) is 31.4 Å². The van der Waals surface area contributed by atoms with E-state index < -0.39 is 0 Å². The smallest absolute Gasteiger partial charge is 0.135 e. The molecule has 0 saturated heterocycles. The molecule has 0 N–H and O–H groups in total. The van der Waals surface area contributed by atoms with Gasteiger partial charge < -0.3 is 4.74 Å². The zero-order valence-electron chi connectivity index (χ0n) is 11.9. The fourth-order valence-corrected chi connectivity index (χ4v) is 3.72. The number of carbonyl (C=O) groups is 1. The van der Waals surface area contributed by atoms with Crippen molar-refractivity contribution in [1.82, 2.24) is 0 Å². The summed E-state index contributed by atoms with van der Waals surface area (Å²) in [5.41, 5.74) is 1.33. The number of hydrogen-bond donors (Lipinski definition) is 0. The Hall–Kier alpha value is -0.960. The number of ketones is 1. The first-order valence-corrected chi connectivity index (χ1v) is 8.14. The van der Waals surface area contributed by atoms with E-state index in [0.717, 1.165) is 25.0 Å². The van der Waals surface area contributed by atoms with E-state index in [1.807, 2.05) is 23.9 Å². The Morgan fingerprint density at radius 2 is 2.05 bits per heavy atom. The molecule has 1 aromatic rings. The van der Waals surface area contributed by atoms with E-state index in [4.69, 9.17) is 4.74 Å². The Balaban J connectivity index is 2.05. The molecule has 0 heterocycles. The quantitative estimate of drug-likeness (QED) is 0.811. The number of methoxy groups -OCH3 is 1. The van der Waals surface area contributed by atoms with Crippen molar-refractivity contribution in [1.29, 1.82) is 0 Å². The molecule has 19 heavy (non-hydrogen) atoms. The van der Waals surface area contributed by atoms with Gasteiger partial charge in [-0.25, -0.2) is 0 Å². The summed E-state index contributed by atoms with van der Waals surface area (Å²) in [6, 6.07) is 8.31. The van der Waals surface area contributed by atoms with Gasteiger partial charge in [-0.3, -0.25) is 4.79 Å². The van der Waals surface area contributed by atoms with E-state index in [1.54, 1.807) is 7.11 Å². The van der Waals surface area contributed by atoms with Crippen LogP contribution in [0.2, 0.25) is 0 Å². The van der Waals surface area contributed by atoms with Crippen LogP contribution in [0.4, 0.5) is 0 Å². The molecule has 3 atom stereocenters. The number of carbonyl (C=O) groups excluding carboxylic acids is 1. The maximum Gasteiger partial charge on any atom is 0.135 e. The first-order valence-electron chi connectivity index (χ1n) is 6.85. The highest BCUT2D eigenvalue weighted by molar-refractivity contribution is 7.98. The predicted octanol–water partition coefficient (Wildman–Crippen LogP) is 4.10. The summed E-state index contributed by atoms with van der Waals surface area (Å²) in [5.74, 6) is 2.13. The zero-order valence-corrected chi connectivity index (χ0v) is 12.7. The summed E-state index contributed by atoms with van der Waals surface area (Å²) in [6.45, 7) is 2.09. The standard InChI is InChI=1S/C16H22O2S/c1-11-13(6-9-15(11)17)10-16(19-3)12-4-7-14(18-2)8-5-12/h4-5,7-8,11,13,16H,6,9-10H2,1-3H3. The monoisotopic (exact) mass is 278 g/mol. The van der Waals surface area contributed by atoms with Crippen LogP contribution in [-0.4, -0.2) is 19.1 Å². The second-order valence-corrected chi connectivity index (χ2v) is 6.33. The van der Waals surface area contributed by atoms with Crippen molar-refractivity contribution in [3.05, 3.63) is 29.8 Å². The third kappa shape index (κ3) is 3.33. The molecule has 0 amide bonds. The van der Waals surface area contributed by atoms with Crippen molar-refractivity contribution in [2.75, 3.05) is 13.4 Å². The molecule has 1 aromatic carbocycles. The minimum absolute atomic E-state index is 0.243. The van der Waals surface area contributed by atoms with Crippen LogP contribution in [0.5, 0.6) is 5.75 Å². The second kappa shape index (κ2) is 6.47. The average Bonchev–Trinajstić information content (AvgIpc) is 2.76. The molecule has 1 fully saturated rings. The fraction of sp³-hybridized carbons (Fsp3) is 0.562. The topological polar surface area (TPSA) is 26.3 Å². The Morgan fingerprint density at radius 1 is 1.37 bits per heavy atom. The van der Waals surface area contributed by atoms with Gasteiger partial charge >= 0.3 is 0 Å². The van der Waals surface area contributed by atoms with E-state index in [0.29, 0.717) is 17.0 Å². The van der Waals surface area contributed by atoms with Gasteiger partial charge in [0.1, 0.15) is 11.5 Å². The highest BCUT2D eigenvalue weighted by atomic mass is 32.2. The van der Waals surface area contributed by atoms with Gasteiger partial charge in [0.2, 0.25) is 0 Å². The summed E-state index contributed by atoms with van der Waals surface area (Å²) in [4.78, 5) is 11.7. The van der Waals surface area contributed by atoms with Gasteiger partial charge in [0.25, 0.3) is 0 Å². The number of rotatable bonds is 5. The Morgan fingerprint density at radius 3 is 2.53 bits per heavy atom. The molecule has 0 radical (unpaired) electrons. The number of ether oxygens (including phenoxy) is 1. The maximum atomic E-state index is 11.7. The number of hydrogen-bond acceptors (Lipinski definition) is 3. The first-order chi connectivity index (χ1) is 9.15. The third-order valence-electron chi connectivity index (χ3n) is 4.27. The van der Waals surface area contributed by atoms with Gasteiger partial charge in [-0.2, -0.15) is 11.8 Å². The summed E-state index contributed by atoms with van der Waals surface area (Å²) in [7, 11) is 1.69. The number of Topliss-reactive ketones (excluding diaryl/α,β-unsaturated/α-hetero) is 1. The highest BCUT2D eigenvalue weighted by Gasteiger charge is 2.32. The minimum atomic E-state index is 0.243. The van der Waals surface area contributed by atoms with Crippen molar-refractivity contribution in [2.24, 2.45) is 11.8 Å². The first kappa shape index (κ1) is 14.4. The lowest BCUT2D eigenvalue weighted by atomic mass is 9.91. The van der Waals surface area contributed by atoms with Crippen molar-refractivity contribution < 1.29 is 9.53 Å². The molecule has 0 aromatic heterocycles. The maximum absolute atomic E-state index is 11.7. The SMILES string of the molecule is COc1ccc(C(CC2CCC(=O)C2C)SC)cc1. The van der Waals surface area contributed by atoms with Gasteiger partial charge in [-0.1, -0.05) is 19.1 Å². The average molecular weight is 278 g/mol. The molecule has 2 nitrogen and oxygen atoms in total. The van der Waals surface area contributed by atoms with E-state index in [2.05, 4.69) is 25.3 Å². The van der Waals surface area contributed by atoms with E-state index in [1.165, 1.54) is 5.56 Å². The summed E-state index contributed by atoms with van der Waals surface area (Å²) in [5, 5.41) is 0.476. The summed E-state index contributed by atoms with van der Waals surface area (Å²) >= 11 is 1.87. The van der Waals surface area contributed by atoms with E-state index >= 15 is 0 Å². The number of thioether (sulfide) groups is 1. The van der Waals surface area contributed by atoms with Gasteiger partial charge in [0.05, 0.1) is 7.11 Å². The van der Waals surface area contributed by atoms with Gasteiger partial charge in [0, 0.05) is 17.6 Å². The van der Waals surface area contributed by atoms with E-state index in [-0.39, 0.29) is 5.92 Å². The van der Waals surface area contributed by atoms with Crippen LogP contribution in [-0.2, 0) is 4.79 Å². The van der Waals surface area contributed by atoms with Crippen molar-refractivity contribution in [3.63, 3.8) is 0 Å². The van der Waals surface area contributed by atoms with Crippen LogP contribution in [0.15, 0.2) is 24.3 Å². The lowest BCUT2D eigenvalue weighted by Gasteiger charge is -2.21. The van der Waals surface area contributed by atoms with Crippen LogP contribution in [0, 0.1) is 11.8 Å². The second-order valence-electron chi connectivity index (χ2n) is 5.29. The highest BCUT2D eigenvalue weighted by Crippen LogP contribution is 2.40. The molecule has 2 rings (SSSR count). The van der Waals surface area contributed by atoms with Gasteiger partial charge in [-0.15, -0.1) is 0 Å². The number of benzene rings is 1. The molecule has 104 valence electrons. The predicted molar refractivity (Wildman–Crippen MR) is 80.8 cm³/mol. The molecule has 1 aliphatic rings. The molecule has 0 aliphatic heterocycles. The fourth-order valence-electron chi connectivity index (χ4n) is 2.85.